The lowest BCUT2D eigenvalue weighted by Crippen LogP contribution is -2.49. The molecule has 0 spiro atoms. The van der Waals surface area contributed by atoms with Crippen molar-refractivity contribution < 1.29 is 4.79 Å². The Hall–Kier alpha value is -3.29. The van der Waals surface area contributed by atoms with Crippen LogP contribution in [0.15, 0.2) is 73.1 Å². The fourth-order valence-electron chi connectivity index (χ4n) is 4.01. The van der Waals surface area contributed by atoms with Crippen molar-refractivity contribution in [2.45, 2.75) is 6.54 Å². The molecular weight excluding hydrogens is 418 g/mol. The highest BCUT2D eigenvalue weighted by Crippen LogP contribution is 2.34. The summed E-state index contributed by atoms with van der Waals surface area (Å²) in [6, 6.07) is 22.8. The second kappa shape index (κ2) is 9.46. The molecule has 6 nitrogen and oxygen atoms in total. The minimum Gasteiger partial charge on any atom is -0.360 e. The van der Waals surface area contributed by atoms with Crippen molar-refractivity contribution in [1.29, 1.82) is 0 Å². The quantitative estimate of drug-likeness (QED) is 0.486. The van der Waals surface area contributed by atoms with Crippen molar-refractivity contribution in [3.63, 3.8) is 0 Å². The van der Waals surface area contributed by atoms with Crippen LogP contribution in [0.25, 0.3) is 20.7 Å². The van der Waals surface area contributed by atoms with Crippen LogP contribution in [0.5, 0.6) is 0 Å². The number of aromatic nitrogens is 2. The Morgan fingerprint density at radius 2 is 1.66 bits per heavy atom. The van der Waals surface area contributed by atoms with Crippen molar-refractivity contribution in [2.75, 3.05) is 38.0 Å². The molecule has 1 amide bonds. The summed E-state index contributed by atoms with van der Waals surface area (Å²) < 4.78 is 0. The van der Waals surface area contributed by atoms with E-state index in [1.807, 2.05) is 29.2 Å². The van der Waals surface area contributed by atoms with Gasteiger partial charge < -0.3 is 10.2 Å². The number of benzene rings is 2. The number of anilines is 1. The Balaban J connectivity index is 1.19. The van der Waals surface area contributed by atoms with Gasteiger partial charge in [0.1, 0.15) is 17.0 Å². The number of nitrogens with zero attached hydrogens (tertiary/aromatic N) is 4. The summed E-state index contributed by atoms with van der Waals surface area (Å²) in [5.41, 5.74) is 2.47. The van der Waals surface area contributed by atoms with Crippen molar-refractivity contribution in [1.82, 2.24) is 19.8 Å². The van der Waals surface area contributed by atoms with Gasteiger partial charge in [0.05, 0.1) is 11.9 Å². The van der Waals surface area contributed by atoms with Crippen LogP contribution in [0, 0.1) is 0 Å². The minimum absolute atomic E-state index is 0.106. The maximum Gasteiger partial charge on any atom is 0.242 e. The van der Waals surface area contributed by atoms with E-state index in [9.17, 15) is 4.79 Å². The van der Waals surface area contributed by atoms with E-state index in [-0.39, 0.29) is 12.5 Å². The molecule has 7 heteroatoms. The molecule has 2 aromatic carbocycles. The first-order chi connectivity index (χ1) is 15.8. The third-order valence-corrected chi connectivity index (χ3v) is 6.86. The highest BCUT2D eigenvalue weighted by molar-refractivity contribution is 7.21. The summed E-state index contributed by atoms with van der Waals surface area (Å²) in [7, 11) is 0. The molecular formula is C25H25N5OS. The fourth-order valence-corrected chi connectivity index (χ4v) is 5.01. The Labute approximate surface area is 191 Å². The van der Waals surface area contributed by atoms with E-state index in [0.717, 1.165) is 53.4 Å². The lowest BCUT2D eigenvalue weighted by atomic mass is 10.2. The maximum absolute atomic E-state index is 12.8. The molecule has 162 valence electrons. The average molecular weight is 444 g/mol. The first-order valence-corrected chi connectivity index (χ1v) is 11.7. The summed E-state index contributed by atoms with van der Waals surface area (Å²) >= 11 is 1.64. The minimum atomic E-state index is 0.106. The molecule has 0 atom stereocenters. The largest absolute Gasteiger partial charge is 0.360 e. The molecule has 1 fully saturated rings. The SMILES string of the molecule is O=C(CNc1ncnc2sc(-c3ccccc3)cc12)N1CCN(Cc2ccccc2)CC1. The van der Waals surface area contributed by atoms with E-state index in [2.05, 4.69) is 62.6 Å². The van der Waals surface area contributed by atoms with Gasteiger partial charge >= 0.3 is 0 Å². The average Bonchev–Trinajstić information content (AvgIpc) is 3.29. The van der Waals surface area contributed by atoms with Gasteiger partial charge in [-0.25, -0.2) is 9.97 Å². The zero-order valence-corrected chi connectivity index (χ0v) is 18.6. The highest BCUT2D eigenvalue weighted by atomic mass is 32.1. The monoisotopic (exact) mass is 443 g/mol. The normalized spacial score (nSPS) is 14.6. The van der Waals surface area contributed by atoms with E-state index in [4.69, 9.17) is 0 Å². The lowest BCUT2D eigenvalue weighted by Gasteiger charge is -2.34. The molecule has 1 saturated heterocycles. The van der Waals surface area contributed by atoms with Crippen LogP contribution in [-0.4, -0.2) is 58.4 Å². The lowest BCUT2D eigenvalue weighted by molar-refractivity contribution is -0.131. The number of hydrogen-bond acceptors (Lipinski definition) is 6. The molecule has 1 N–H and O–H groups in total. The van der Waals surface area contributed by atoms with Gasteiger partial charge in [0.2, 0.25) is 5.91 Å². The Kier molecular flexibility index (Phi) is 6.09. The number of piperazine rings is 1. The molecule has 5 rings (SSSR count). The number of thiophene rings is 1. The zero-order valence-electron chi connectivity index (χ0n) is 17.8. The first kappa shape index (κ1) is 20.6. The molecule has 0 bridgehead atoms. The second-order valence-electron chi connectivity index (χ2n) is 7.91. The number of amides is 1. The summed E-state index contributed by atoms with van der Waals surface area (Å²) in [5.74, 6) is 0.819. The van der Waals surface area contributed by atoms with E-state index in [1.54, 1.807) is 17.7 Å². The van der Waals surface area contributed by atoms with Gasteiger partial charge in [0.15, 0.2) is 0 Å². The van der Waals surface area contributed by atoms with Gasteiger partial charge in [-0.1, -0.05) is 60.7 Å². The molecule has 0 radical (unpaired) electrons. The first-order valence-electron chi connectivity index (χ1n) is 10.8. The Bertz CT molecular complexity index is 1190. The van der Waals surface area contributed by atoms with Crippen LogP contribution in [0.4, 0.5) is 5.82 Å². The maximum atomic E-state index is 12.8. The third-order valence-electron chi connectivity index (χ3n) is 5.77. The molecule has 0 unspecified atom stereocenters. The third kappa shape index (κ3) is 4.64. The zero-order chi connectivity index (χ0) is 21.8. The van der Waals surface area contributed by atoms with Crippen molar-refractivity contribution in [3.05, 3.63) is 78.6 Å². The highest BCUT2D eigenvalue weighted by Gasteiger charge is 2.21. The number of carbonyl (C=O) groups excluding carboxylic acids is 1. The van der Waals surface area contributed by atoms with E-state index >= 15 is 0 Å². The summed E-state index contributed by atoms with van der Waals surface area (Å²) in [6.45, 7) is 4.46. The van der Waals surface area contributed by atoms with Crippen molar-refractivity contribution >= 4 is 33.3 Å². The smallest absolute Gasteiger partial charge is 0.242 e. The standard InChI is InChI=1S/C25H25N5OS/c31-23(30-13-11-29(12-14-30)17-19-7-3-1-4-8-19)16-26-24-21-15-22(20-9-5-2-6-10-20)32-25(21)28-18-27-24/h1-10,15,18H,11-14,16-17H2,(H,26,27,28). The van der Waals surface area contributed by atoms with Crippen LogP contribution in [0.2, 0.25) is 0 Å². The number of hydrogen-bond donors (Lipinski definition) is 1. The Morgan fingerprint density at radius 3 is 2.41 bits per heavy atom. The van der Waals surface area contributed by atoms with Crippen molar-refractivity contribution in [3.8, 4) is 10.4 Å². The van der Waals surface area contributed by atoms with E-state index in [1.165, 1.54) is 5.56 Å². The van der Waals surface area contributed by atoms with Gasteiger partial charge in [0.25, 0.3) is 0 Å². The Morgan fingerprint density at radius 1 is 0.938 bits per heavy atom. The number of rotatable bonds is 6. The number of carbonyl (C=O) groups is 1. The summed E-state index contributed by atoms with van der Waals surface area (Å²) in [6.07, 6.45) is 1.56. The fraction of sp³-hybridized carbons (Fsp3) is 0.240. The molecule has 1 aliphatic heterocycles. The molecule has 32 heavy (non-hydrogen) atoms. The molecule has 3 heterocycles. The van der Waals surface area contributed by atoms with E-state index in [0.29, 0.717) is 5.82 Å². The van der Waals surface area contributed by atoms with Crippen LogP contribution in [0.3, 0.4) is 0 Å². The van der Waals surface area contributed by atoms with Crippen LogP contribution < -0.4 is 5.32 Å². The van der Waals surface area contributed by atoms with Gasteiger partial charge in [-0.05, 0) is 17.2 Å². The molecule has 1 aliphatic rings. The van der Waals surface area contributed by atoms with Crippen LogP contribution >= 0.6 is 11.3 Å². The molecule has 4 aromatic rings. The van der Waals surface area contributed by atoms with Crippen LogP contribution in [0.1, 0.15) is 5.56 Å². The predicted octanol–water partition coefficient (Wildman–Crippen LogP) is 4.11. The van der Waals surface area contributed by atoms with E-state index < -0.39 is 0 Å². The van der Waals surface area contributed by atoms with Gasteiger partial charge in [-0.15, -0.1) is 11.3 Å². The second-order valence-corrected chi connectivity index (χ2v) is 8.94. The topological polar surface area (TPSA) is 61.4 Å². The number of nitrogens with one attached hydrogen (secondary N) is 1. The van der Waals surface area contributed by atoms with Gasteiger partial charge in [0, 0.05) is 37.6 Å². The molecule has 0 saturated carbocycles. The van der Waals surface area contributed by atoms with Crippen LogP contribution in [-0.2, 0) is 11.3 Å². The number of fused-ring (bicyclic) bond motifs is 1. The summed E-state index contributed by atoms with van der Waals surface area (Å²) in [5, 5.41) is 4.21. The van der Waals surface area contributed by atoms with Crippen molar-refractivity contribution in [2.24, 2.45) is 0 Å². The molecule has 0 aliphatic carbocycles. The molecule has 2 aromatic heterocycles. The summed E-state index contributed by atoms with van der Waals surface area (Å²) in [4.78, 5) is 28.0. The predicted molar refractivity (Wildman–Crippen MR) is 130 cm³/mol. The van der Waals surface area contributed by atoms with Gasteiger partial charge in [-0.3, -0.25) is 9.69 Å². The van der Waals surface area contributed by atoms with Gasteiger partial charge in [-0.2, -0.15) is 0 Å².